The van der Waals surface area contributed by atoms with Crippen LogP contribution in [0.1, 0.15) is 43.3 Å². The molecular formula is C15H23N3S. The summed E-state index contributed by atoms with van der Waals surface area (Å²) in [6.07, 6.45) is 3.18. The Morgan fingerprint density at radius 2 is 2.26 bits per heavy atom. The summed E-state index contributed by atoms with van der Waals surface area (Å²) in [7, 11) is 2.04. The molecule has 2 aromatic rings. The van der Waals surface area contributed by atoms with Gasteiger partial charge in [-0.3, -0.25) is 4.68 Å². The maximum atomic E-state index is 4.57. The monoisotopic (exact) mass is 277 g/mol. The van der Waals surface area contributed by atoms with Crippen molar-refractivity contribution in [3.8, 4) is 0 Å². The van der Waals surface area contributed by atoms with Gasteiger partial charge in [0, 0.05) is 7.05 Å². The number of rotatable bonds is 7. The summed E-state index contributed by atoms with van der Waals surface area (Å²) in [5.74, 6) is 0. The first kappa shape index (κ1) is 14.3. The lowest BCUT2D eigenvalue weighted by molar-refractivity contribution is 0.493. The zero-order chi connectivity index (χ0) is 13.7. The molecule has 0 aromatic carbocycles. The molecule has 0 fully saturated rings. The van der Waals surface area contributed by atoms with Crippen molar-refractivity contribution in [3.63, 3.8) is 0 Å². The minimum Gasteiger partial charge on any atom is -0.308 e. The molecule has 0 bridgehead atoms. The van der Waals surface area contributed by atoms with Crippen LogP contribution in [0, 0.1) is 0 Å². The Hall–Kier alpha value is -1.13. The van der Waals surface area contributed by atoms with Gasteiger partial charge >= 0.3 is 0 Å². The van der Waals surface area contributed by atoms with Crippen LogP contribution in [0.25, 0.3) is 0 Å². The van der Waals surface area contributed by atoms with Crippen molar-refractivity contribution in [3.05, 3.63) is 39.8 Å². The molecule has 0 aliphatic carbocycles. The number of hydrogen-bond acceptors (Lipinski definition) is 3. The van der Waals surface area contributed by atoms with Gasteiger partial charge in [0.2, 0.25) is 0 Å². The molecule has 0 aliphatic rings. The molecule has 1 N–H and O–H groups in total. The highest BCUT2D eigenvalue weighted by Crippen LogP contribution is 2.21. The summed E-state index contributed by atoms with van der Waals surface area (Å²) in [6.45, 7) is 5.40. The van der Waals surface area contributed by atoms with Gasteiger partial charge in [-0.25, -0.2) is 0 Å². The average molecular weight is 277 g/mol. The highest BCUT2D eigenvalue weighted by molar-refractivity contribution is 7.07. The summed E-state index contributed by atoms with van der Waals surface area (Å²) in [5, 5.41) is 12.6. The van der Waals surface area contributed by atoms with Gasteiger partial charge in [0.15, 0.2) is 0 Å². The molecule has 2 heterocycles. The van der Waals surface area contributed by atoms with E-state index in [1.165, 1.54) is 17.0 Å². The molecule has 0 saturated heterocycles. The van der Waals surface area contributed by atoms with Gasteiger partial charge < -0.3 is 5.32 Å². The Kier molecular flexibility index (Phi) is 5.16. The van der Waals surface area contributed by atoms with Crippen LogP contribution in [0.3, 0.4) is 0 Å². The summed E-state index contributed by atoms with van der Waals surface area (Å²) < 4.78 is 2.03. The van der Waals surface area contributed by atoms with Crippen molar-refractivity contribution in [1.29, 1.82) is 0 Å². The minimum absolute atomic E-state index is 0.354. The molecule has 0 radical (unpaired) electrons. The van der Waals surface area contributed by atoms with E-state index in [1.54, 1.807) is 11.3 Å². The number of nitrogens with one attached hydrogen (secondary N) is 1. The number of nitrogens with zero attached hydrogens (tertiary/aromatic N) is 2. The third kappa shape index (κ3) is 3.67. The fourth-order valence-electron chi connectivity index (χ4n) is 2.29. The first-order valence-corrected chi connectivity index (χ1v) is 7.96. The summed E-state index contributed by atoms with van der Waals surface area (Å²) >= 11 is 1.76. The number of thiophene rings is 1. The predicted molar refractivity (Wildman–Crippen MR) is 81.6 cm³/mol. The van der Waals surface area contributed by atoms with Crippen molar-refractivity contribution in [1.82, 2.24) is 15.1 Å². The molecule has 3 nitrogen and oxygen atoms in total. The van der Waals surface area contributed by atoms with E-state index in [0.29, 0.717) is 6.04 Å². The Balaban J connectivity index is 2.17. The molecule has 4 heteroatoms. The maximum absolute atomic E-state index is 4.57. The Morgan fingerprint density at radius 3 is 2.84 bits per heavy atom. The van der Waals surface area contributed by atoms with Crippen molar-refractivity contribution < 1.29 is 0 Å². The van der Waals surface area contributed by atoms with E-state index in [2.05, 4.69) is 47.2 Å². The Bertz CT molecular complexity index is 487. The number of hydrogen-bond donors (Lipinski definition) is 1. The molecule has 0 aliphatic heterocycles. The van der Waals surface area contributed by atoms with Crippen LogP contribution in [0.15, 0.2) is 22.9 Å². The van der Waals surface area contributed by atoms with E-state index in [9.17, 15) is 0 Å². The fraction of sp³-hybridized carbons (Fsp3) is 0.533. The first-order valence-electron chi connectivity index (χ1n) is 7.01. The van der Waals surface area contributed by atoms with E-state index < -0.39 is 0 Å². The van der Waals surface area contributed by atoms with Crippen LogP contribution in [0.5, 0.6) is 0 Å². The van der Waals surface area contributed by atoms with E-state index >= 15 is 0 Å². The molecule has 2 aromatic heterocycles. The van der Waals surface area contributed by atoms with Gasteiger partial charge in [-0.2, -0.15) is 16.4 Å². The quantitative estimate of drug-likeness (QED) is 0.841. The van der Waals surface area contributed by atoms with Gasteiger partial charge in [0.1, 0.15) is 0 Å². The molecule has 0 saturated carbocycles. The van der Waals surface area contributed by atoms with Crippen LogP contribution in [-0.4, -0.2) is 16.3 Å². The molecule has 2 rings (SSSR count). The third-order valence-corrected chi connectivity index (χ3v) is 4.08. The molecule has 104 valence electrons. The van der Waals surface area contributed by atoms with Crippen LogP contribution in [-0.2, 0) is 19.9 Å². The summed E-state index contributed by atoms with van der Waals surface area (Å²) in [4.78, 5) is 0. The van der Waals surface area contributed by atoms with E-state index in [1.807, 2.05) is 11.7 Å². The summed E-state index contributed by atoms with van der Waals surface area (Å²) in [6, 6.07) is 4.80. The van der Waals surface area contributed by atoms with Crippen LogP contribution in [0.2, 0.25) is 0 Å². The number of aryl methyl sites for hydroxylation is 2. The van der Waals surface area contributed by atoms with Crippen molar-refractivity contribution >= 4 is 11.3 Å². The predicted octanol–water partition coefficient (Wildman–Crippen LogP) is 3.33. The van der Waals surface area contributed by atoms with Crippen molar-refractivity contribution in [2.75, 3.05) is 6.54 Å². The lowest BCUT2D eigenvalue weighted by Gasteiger charge is -2.18. The van der Waals surface area contributed by atoms with Gasteiger partial charge in [-0.1, -0.05) is 13.8 Å². The normalized spacial score (nSPS) is 12.8. The maximum Gasteiger partial charge on any atom is 0.0625 e. The van der Waals surface area contributed by atoms with Gasteiger partial charge in [-0.05, 0) is 54.3 Å². The minimum atomic E-state index is 0.354. The molecule has 1 unspecified atom stereocenters. The van der Waals surface area contributed by atoms with Gasteiger partial charge in [0.25, 0.3) is 0 Å². The zero-order valence-electron chi connectivity index (χ0n) is 12.0. The number of aromatic nitrogens is 2. The van der Waals surface area contributed by atoms with Crippen molar-refractivity contribution in [2.24, 2.45) is 7.05 Å². The molecule has 1 atom stereocenters. The average Bonchev–Trinajstić information content (AvgIpc) is 3.03. The van der Waals surface area contributed by atoms with Crippen molar-refractivity contribution in [2.45, 2.75) is 39.2 Å². The Morgan fingerprint density at radius 1 is 1.42 bits per heavy atom. The third-order valence-electron chi connectivity index (χ3n) is 3.35. The molecule has 19 heavy (non-hydrogen) atoms. The smallest absolute Gasteiger partial charge is 0.0625 e. The topological polar surface area (TPSA) is 29.9 Å². The Labute approximate surface area is 119 Å². The van der Waals surface area contributed by atoms with Crippen LogP contribution < -0.4 is 5.32 Å². The second-order valence-electron chi connectivity index (χ2n) is 4.88. The molecule has 0 spiro atoms. The first-order chi connectivity index (χ1) is 9.24. The van der Waals surface area contributed by atoms with E-state index in [4.69, 9.17) is 0 Å². The largest absolute Gasteiger partial charge is 0.308 e. The summed E-state index contributed by atoms with van der Waals surface area (Å²) in [5.41, 5.74) is 3.86. The fourth-order valence-corrected chi connectivity index (χ4v) is 2.97. The highest BCUT2D eigenvalue weighted by atomic mass is 32.1. The zero-order valence-corrected chi connectivity index (χ0v) is 12.8. The van der Waals surface area contributed by atoms with Gasteiger partial charge in [0.05, 0.1) is 17.4 Å². The van der Waals surface area contributed by atoms with E-state index in [0.717, 1.165) is 25.8 Å². The van der Waals surface area contributed by atoms with Gasteiger partial charge in [-0.15, -0.1) is 0 Å². The molecular weight excluding hydrogens is 254 g/mol. The SMILES string of the molecule is CCCNC(Cc1ccsc1)c1cc(CC)nn1C. The van der Waals surface area contributed by atoms with Crippen LogP contribution in [0.4, 0.5) is 0 Å². The second kappa shape index (κ2) is 6.87. The highest BCUT2D eigenvalue weighted by Gasteiger charge is 2.16. The lowest BCUT2D eigenvalue weighted by Crippen LogP contribution is -2.26. The lowest BCUT2D eigenvalue weighted by atomic mass is 10.0. The van der Waals surface area contributed by atoms with Crippen LogP contribution >= 0.6 is 11.3 Å². The van der Waals surface area contributed by atoms with E-state index in [-0.39, 0.29) is 0 Å². The second-order valence-corrected chi connectivity index (χ2v) is 5.66. The molecule has 0 amide bonds. The standard InChI is InChI=1S/C15H23N3S/c1-4-7-16-14(9-12-6-8-19-11-12)15-10-13(5-2)17-18(15)3/h6,8,10-11,14,16H,4-5,7,9H2,1-3H3.